The van der Waals surface area contributed by atoms with Crippen molar-refractivity contribution < 1.29 is 13.6 Å². The van der Waals surface area contributed by atoms with E-state index in [1.165, 1.54) is 6.92 Å². The molecule has 0 radical (unpaired) electrons. The summed E-state index contributed by atoms with van der Waals surface area (Å²) in [5, 5.41) is 6.69. The number of hydrogen-bond acceptors (Lipinski definition) is 5. The molecule has 30 heavy (non-hydrogen) atoms. The molecule has 0 bridgehead atoms. The molecule has 0 spiro atoms. The van der Waals surface area contributed by atoms with Crippen LogP contribution in [0, 0.1) is 0 Å². The largest absolute Gasteiger partial charge is 0.367 e. The monoisotopic (exact) mass is 414 g/mol. The highest BCUT2D eigenvalue weighted by Gasteiger charge is 2.30. The molecule has 1 aliphatic carbocycles. The maximum atomic E-state index is 14.1. The van der Waals surface area contributed by atoms with Gasteiger partial charge in [-0.2, -0.15) is 8.78 Å². The number of aryl methyl sites for hydroxylation is 1. The summed E-state index contributed by atoms with van der Waals surface area (Å²) in [6.45, 7) is 4.86. The standard InChI is InChI=1S/C21H24F2N6O/c1-4-29-11-15(14-8-18(25-12(2)30)24-10-17(14)29)16-9-19(26-13-6-5-7-13)28-20(27-16)21(3,22)23/h8-11,13H,4-7H2,1-3H3,(H,24,25,30)(H,26,27,28). The summed E-state index contributed by atoms with van der Waals surface area (Å²) in [7, 11) is 0. The fourth-order valence-corrected chi connectivity index (χ4v) is 3.52. The van der Waals surface area contributed by atoms with Crippen molar-refractivity contribution in [1.29, 1.82) is 0 Å². The smallest absolute Gasteiger partial charge is 0.303 e. The number of carbonyl (C=O) groups is 1. The van der Waals surface area contributed by atoms with Crippen LogP contribution in [0.25, 0.3) is 22.2 Å². The van der Waals surface area contributed by atoms with Gasteiger partial charge in [-0.3, -0.25) is 4.79 Å². The van der Waals surface area contributed by atoms with Gasteiger partial charge in [-0.15, -0.1) is 0 Å². The molecule has 1 aliphatic rings. The zero-order valence-electron chi connectivity index (χ0n) is 17.2. The Balaban J connectivity index is 1.87. The van der Waals surface area contributed by atoms with Crippen molar-refractivity contribution in [2.45, 2.75) is 58.5 Å². The summed E-state index contributed by atoms with van der Waals surface area (Å²) in [5.41, 5.74) is 1.92. The summed E-state index contributed by atoms with van der Waals surface area (Å²) in [6.07, 6.45) is 6.65. The zero-order valence-corrected chi connectivity index (χ0v) is 17.2. The topological polar surface area (TPSA) is 84.7 Å². The molecular formula is C21H24F2N6O. The molecule has 1 fully saturated rings. The van der Waals surface area contributed by atoms with Gasteiger partial charge in [-0.25, -0.2) is 15.0 Å². The maximum absolute atomic E-state index is 14.1. The van der Waals surface area contributed by atoms with Gasteiger partial charge in [0.25, 0.3) is 0 Å². The molecule has 0 aromatic carbocycles. The molecule has 0 unspecified atom stereocenters. The van der Waals surface area contributed by atoms with E-state index in [2.05, 4.69) is 25.6 Å². The predicted molar refractivity (Wildman–Crippen MR) is 112 cm³/mol. The number of nitrogens with one attached hydrogen (secondary N) is 2. The van der Waals surface area contributed by atoms with Crippen LogP contribution < -0.4 is 10.6 Å². The van der Waals surface area contributed by atoms with E-state index < -0.39 is 11.7 Å². The van der Waals surface area contributed by atoms with Gasteiger partial charge < -0.3 is 15.2 Å². The van der Waals surface area contributed by atoms with Crippen LogP contribution in [-0.2, 0) is 17.3 Å². The maximum Gasteiger partial charge on any atom is 0.303 e. The Morgan fingerprint density at radius 2 is 2.03 bits per heavy atom. The summed E-state index contributed by atoms with van der Waals surface area (Å²) < 4.78 is 30.3. The van der Waals surface area contributed by atoms with Crippen LogP contribution >= 0.6 is 0 Å². The van der Waals surface area contributed by atoms with Gasteiger partial charge in [-0.1, -0.05) is 0 Å². The van der Waals surface area contributed by atoms with Crippen LogP contribution in [-0.4, -0.2) is 31.5 Å². The molecule has 3 aromatic heterocycles. The van der Waals surface area contributed by atoms with Crippen LogP contribution in [0.5, 0.6) is 0 Å². The Hall–Kier alpha value is -3.10. The summed E-state index contributed by atoms with van der Waals surface area (Å²) in [5.74, 6) is -3.13. The average molecular weight is 414 g/mol. The quantitative estimate of drug-likeness (QED) is 0.618. The molecule has 7 nitrogen and oxygen atoms in total. The number of rotatable bonds is 6. The minimum absolute atomic E-state index is 0.236. The second-order valence-corrected chi connectivity index (χ2v) is 7.72. The van der Waals surface area contributed by atoms with Gasteiger partial charge in [0.05, 0.1) is 17.4 Å². The molecule has 0 aliphatic heterocycles. The highest BCUT2D eigenvalue weighted by atomic mass is 19.3. The summed E-state index contributed by atoms with van der Waals surface area (Å²) >= 11 is 0. The van der Waals surface area contributed by atoms with E-state index in [1.807, 2.05) is 17.7 Å². The lowest BCUT2D eigenvalue weighted by molar-refractivity contribution is -0.114. The predicted octanol–water partition coefficient (Wildman–Crippen LogP) is 4.55. The van der Waals surface area contributed by atoms with Crippen LogP contribution in [0.4, 0.5) is 20.4 Å². The number of carbonyl (C=O) groups excluding carboxylic acids is 1. The molecule has 1 amide bonds. The van der Waals surface area contributed by atoms with Crippen molar-refractivity contribution in [2.75, 3.05) is 10.6 Å². The summed E-state index contributed by atoms with van der Waals surface area (Å²) in [6, 6.07) is 3.70. The van der Waals surface area contributed by atoms with Gasteiger partial charge in [-0.05, 0) is 32.3 Å². The first-order valence-corrected chi connectivity index (χ1v) is 10.1. The van der Waals surface area contributed by atoms with E-state index in [1.54, 1.807) is 18.3 Å². The van der Waals surface area contributed by atoms with Crippen molar-refractivity contribution in [3.63, 3.8) is 0 Å². The van der Waals surface area contributed by atoms with Crippen LogP contribution in [0.3, 0.4) is 0 Å². The molecule has 3 heterocycles. The fourth-order valence-electron chi connectivity index (χ4n) is 3.52. The molecular weight excluding hydrogens is 390 g/mol. The van der Waals surface area contributed by atoms with Crippen molar-refractivity contribution in [2.24, 2.45) is 0 Å². The van der Waals surface area contributed by atoms with Crippen molar-refractivity contribution >= 4 is 28.4 Å². The van der Waals surface area contributed by atoms with Gasteiger partial charge >= 0.3 is 5.92 Å². The van der Waals surface area contributed by atoms with Crippen molar-refractivity contribution in [3.05, 3.63) is 30.4 Å². The number of nitrogens with zero attached hydrogens (tertiary/aromatic N) is 4. The van der Waals surface area contributed by atoms with Crippen LogP contribution in [0.2, 0.25) is 0 Å². The van der Waals surface area contributed by atoms with E-state index in [9.17, 15) is 13.6 Å². The SMILES string of the molecule is CCn1cc(-c2cc(NC3CCC3)nc(C(C)(F)F)n2)c2cc(NC(C)=O)ncc21. The van der Waals surface area contributed by atoms with Gasteiger partial charge in [0.2, 0.25) is 11.7 Å². The van der Waals surface area contributed by atoms with Crippen LogP contribution in [0.1, 0.15) is 45.9 Å². The summed E-state index contributed by atoms with van der Waals surface area (Å²) in [4.78, 5) is 24.0. The fraction of sp³-hybridized carbons (Fsp3) is 0.429. The molecule has 2 N–H and O–H groups in total. The number of aromatic nitrogens is 4. The molecule has 1 saturated carbocycles. The van der Waals surface area contributed by atoms with E-state index in [0.29, 0.717) is 29.4 Å². The van der Waals surface area contributed by atoms with E-state index in [4.69, 9.17) is 0 Å². The third kappa shape index (κ3) is 3.96. The minimum Gasteiger partial charge on any atom is -0.367 e. The van der Waals surface area contributed by atoms with Crippen molar-refractivity contribution in [3.8, 4) is 11.3 Å². The lowest BCUT2D eigenvalue weighted by atomic mass is 9.93. The second-order valence-electron chi connectivity index (χ2n) is 7.72. The number of alkyl halides is 2. The Morgan fingerprint density at radius 1 is 1.27 bits per heavy atom. The van der Waals surface area contributed by atoms with E-state index in [-0.39, 0.29) is 11.9 Å². The first-order chi connectivity index (χ1) is 14.2. The third-order valence-corrected chi connectivity index (χ3v) is 5.26. The number of pyridine rings is 1. The molecule has 0 saturated heterocycles. The lowest BCUT2D eigenvalue weighted by Crippen LogP contribution is -2.28. The molecule has 3 aromatic rings. The lowest BCUT2D eigenvalue weighted by Gasteiger charge is -2.27. The van der Waals surface area contributed by atoms with Crippen LogP contribution in [0.15, 0.2) is 24.5 Å². The zero-order chi connectivity index (χ0) is 21.5. The average Bonchev–Trinajstić information content (AvgIpc) is 3.01. The number of amides is 1. The Labute approximate surface area is 172 Å². The number of hydrogen-bond donors (Lipinski definition) is 2. The van der Waals surface area contributed by atoms with Crippen molar-refractivity contribution in [1.82, 2.24) is 19.5 Å². The van der Waals surface area contributed by atoms with Gasteiger partial charge in [0, 0.05) is 49.6 Å². The number of anilines is 2. The Kier molecular flexibility index (Phi) is 5.13. The Morgan fingerprint density at radius 3 is 2.63 bits per heavy atom. The van der Waals surface area contributed by atoms with Gasteiger partial charge in [0.15, 0.2) is 0 Å². The third-order valence-electron chi connectivity index (χ3n) is 5.26. The number of halogens is 2. The second kappa shape index (κ2) is 7.62. The minimum atomic E-state index is -3.17. The molecule has 9 heteroatoms. The molecule has 0 atom stereocenters. The number of fused-ring (bicyclic) bond motifs is 1. The highest BCUT2D eigenvalue weighted by Crippen LogP contribution is 2.34. The molecule has 4 rings (SSSR count). The molecule has 158 valence electrons. The normalized spacial score (nSPS) is 14.6. The first kappa shape index (κ1) is 20.2. The first-order valence-electron chi connectivity index (χ1n) is 10.1. The van der Waals surface area contributed by atoms with E-state index in [0.717, 1.165) is 37.1 Å². The van der Waals surface area contributed by atoms with E-state index >= 15 is 0 Å². The Bertz CT molecular complexity index is 1100. The highest BCUT2D eigenvalue weighted by molar-refractivity contribution is 5.98. The van der Waals surface area contributed by atoms with Gasteiger partial charge in [0.1, 0.15) is 11.6 Å².